The zero-order valence-electron chi connectivity index (χ0n) is 31.3. The number of rotatable bonds is 12. The monoisotopic (exact) mass is 785 g/mol. The van der Waals surface area contributed by atoms with Gasteiger partial charge in [0, 0.05) is 53.0 Å². The SMILES string of the molecule is CCOCCNS(=O)(=O)C1=C(C)C(Nc2ccc3c(-c4ccc(C(=O)O)cc4S(=O)(=O)O)c4ccc(=Nc5c(C)ccc(C)c5C)cc-4oc3c2)C(C)C=C1. The predicted octanol–water partition coefficient (Wildman–Crippen LogP) is 7.52. The number of carboxylic acids is 1. The maximum Gasteiger partial charge on any atom is 0.335 e. The van der Waals surface area contributed by atoms with E-state index in [0.717, 1.165) is 28.4 Å². The fraction of sp³-hybridized carbons (Fsp3) is 0.268. The van der Waals surface area contributed by atoms with Gasteiger partial charge in [0.2, 0.25) is 10.0 Å². The molecule has 3 aromatic rings. The number of aryl methyl sites for hydroxylation is 2. The number of nitrogens with one attached hydrogen (secondary N) is 2. The Kier molecular flexibility index (Phi) is 11.2. The Labute approximate surface area is 320 Å². The summed E-state index contributed by atoms with van der Waals surface area (Å²) in [7, 11) is -8.73. The van der Waals surface area contributed by atoms with Crippen LogP contribution in [0.4, 0.5) is 11.4 Å². The number of carboxylic acid groups (broad SMARTS) is 1. The molecule has 14 heteroatoms. The Morgan fingerprint density at radius 2 is 1.65 bits per heavy atom. The standard InChI is InChI=1S/C41H43N3O9S2/c1-7-52-19-18-42-54(47,48)36-17-10-25(4)40(27(36)6)44-30-13-16-32-35(22-30)53-34-21-29(43-39-24(3)9-8-23(2)26(39)5)12-15-31(34)38(32)33-14-11-28(41(45)46)20-37(33)55(49,50)51/h8-17,20-22,25,40,42,44H,7,18-19H2,1-6H3,(H,45,46)(H,49,50,51). The highest BCUT2D eigenvalue weighted by Gasteiger charge is 2.30. The zero-order valence-corrected chi connectivity index (χ0v) is 32.9. The largest absolute Gasteiger partial charge is 0.478 e. The zero-order chi connectivity index (χ0) is 39.8. The number of benzene rings is 4. The molecule has 2 atom stereocenters. The van der Waals surface area contributed by atoms with Gasteiger partial charge in [0.25, 0.3) is 10.1 Å². The predicted molar refractivity (Wildman–Crippen MR) is 213 cm³/mol. The van der Waals surface area contributed by atoms with Gasteiger partial charge in [-0.15, -0.1) is 0 Å². The Hall–Kier alpha value is -5.12. The van der Waals surface area contributed by atoms with Gasteiger partial charge in [0.15, 0.2) is 0 Å². The Bertz CT molecular complexity index is 2660. The summed E-state index contributed by atoms with van der Waals surface area (Å²) in [4.78, 5) is 16.4. The van der Waals surface area contributed by atoms with E-state index in [-0.39, 0.29) is 35.1 Å². The molecule has 0 fully saturated rings. The number of sulfonamides is 1. The van der Waals surface area contributed by atoms with Crippen LogP contribution in [0.1, 0.15) is 47.8 Å². The van der Waals surface area contributed by atoms with Crippen LogP contribution in [0.25, 0.3) is 33.4 Å². The van der Waals surface area contributed by atoms with Crippen LogP contribution >= 0.6 is 0 Å². The van der Waals surface area contributed by atoms with Gasteiger partial charge in [-0.25, -0.2) is 22.9 Å². The summed E-state index contributed by atoms with van der Waals surface area (Å²) in [5, 5.41) is 14.2. The fourth-order valence-corrected chi connectivity index (χ4v) is 8.90. The van der Waals surface area contributed by atoms with Crippen molar-refractivity contribution in [2.24, 2.45) is 10.9 Å². The first-order valence-corrected chi connectivity index (χ1v) is 20.6. The summed E-state index contributed by atoms with van der Waals surface area (Å²) in [5.41, 5.74) is 6.09. The molecule has 2 unspecified atom stereocenters. The van der Waals surface area contributed by atoms with E-state index in [2.05, 4.69) is 10.0 Å². The smallest absolute Gasteiger partial charge is 0.335 e. The van der Waals surface area contributed by atoms with Crippen molar-refractivity contribution < 1.29 is 40.4 Å². The minimum absolute atomic E-state index is 0.0746. The summed E-state index contributed by atoms with van der Waals surface area (Å²) in [6.07, 6.45) is 3.44. The average Bonchev–Trinajstić information content (AvgIpc) is 3.13. The molecule has 0 saturated heterocycles. The fourth-order valence-electron chi connectivity index (χ4n) is 6.86. The van der Waals surface area contributed by atoms with Gasteiger partial charge in [0.05, 0.1) is 34.2 Å². The summed E-state index contributed by atoms with van der Waals surface area (Å²) in [6, 6.07) is 17.7. The molecule has 0 bridgehead atoms. The van der Waals surface area contributed by atoms with Gasteiger partial charge < -0.3 is 19.6 Å². The van der Waals surface area contributed by atoms with Crippen molar-refractivity contribution in [1.82, 2.24) is 4.72 Å². The second kappa shape index (κ2) is 15.6. The molecule has 1 aliphatic heterocycles. The van der Waals surface area contributed by atoms with Crippen molar-refractivity contribution in [3.63, 3.8) is 0 Å². The van der Waals surface area contributed by atoms with Crippen molar-refractivity contribution in [2.75, 3.05) is 25.1 Å². The third-order valence-corrected chi connectivity index (χ3v) is 12.4. The van der Waals surface area contributed by atoms with Crippen molar-refractivity contribution in [2.45, 2.75) is 52.5 Å². The highest BCUT2D eigenvalue weighted by molar-refractivity contribution is 7.93. The quantitative estimate of drug-likeness (QED) is 0.0560. The van der Waals surface area contributed by atoms with E-state index in [1.54, 1.807) is 49.4 Å². The molecule has 288 valence electrons. The normalized spacial score (nSPS) is 16.7. The lowest BCUT2D eigenvalue weighted by atomic mass is 9.90. The van der Waals surface area contributed by atoms with Crippen LogP contribution in [0, 0.1) is 26.7 Å². The van der Waals surface area contributed by atoms with Crippen LogP contribution in [0.5, 0.6) is 0 Å². The Morgan fingerprint density at radius 3 is 2.36 bits per heavy atom. The lowest BCUT2D eigenvalue weighted by molar-refractivity contribution is 0.0696. The molecular weight excluding hydrogens is 743 g/mol. The molecule has 0 radical (unpaired) electrons. The number of nitrogens with zero attached hydrogens (tertiary/aromatic N) is 1. The summed E-state index contributed by atoms with van der Waals surface area (Å²) >= 11 is 0. The van der Waals surface area contributed by atoms with Crippen LogP contribution in [0.15, 0.2) is 104 Å². The topological polar surface area (TPSA) is 185 Å². The third kappa shape index (κ3) is 8.14. The average molecular weight is 786 g/mol. The van der Waals surface area contributed by atoms with E-state index in [4.69, 9.17) is 14.1 Å². The number of hydrogen-bond acceptors (Lipinski definition) is 9. The molecule has 0 aromatic heterocycles. The van der Waals surface area contributed by atoms with Crippen molar-refractivity contribution in [3.05, 3.63) is 117 Å². The lowest BCUT2D eigenvalue weighted by Crippen LogP contribution is -2.35. The minimum atomic E-state index is -4.90. The molecule has 0 amide bonds. The van der Waals surface area contributed by atoms with Crippen LogP contribution < -0.4 is 15.4 Å². The van der Waals surface area contributed by atoms with E-state index >= 15 is 0 Å². The van der Waals surface area contributed by atoms with Crippen LogP contribution in [0.3, 0.4) is 0 Å². The number of hydrogen-bond donors (Lipinski definition) is 4. The van der Waals surface area contributed by atoms with Gasteiger partial charge in [0.1, 0.15) is 16.2 Å². The first kappa shape index (κ1) is 39.6. The third-order valence-electron chi connectivity index (χ3n) is 9.91. The molecular formula is C41H43N3O9S2. The lowest BCUT2D eigenvalue weighted by Gasteiger charge is -2.30. The van der Waals surface area contributed by atoms with E-state index in [9.17, 15) is 31.3 Å². The van der Waals surface area contributed by atoms with Crippen LogP contribution in [-0.4, -0.2) is 58.3 Å². The van der Waals surface area contributed by atoms with E-state index < -0.39 is 37.0 Å². The molecule has 6 rings (SSSR count). The minimum Gasteiger partial charge on any atom is -0.478 e. The Morgan fingerprint density at radius 1 is 0.927 bits per heavy atom. The number of ether oxygens (including phenoxy) is 1. The summed E-state index contributed by atoms with van der Waals surface area (Å²) in [6.45, 7) is 12.4. The highest BCUT2D eigenvalue weighted by atomic mass is 32.2. The second-order valence-corrected chi connectivity index (χ2v) is 16.8. The molecule has 3 aromatic carbocycles. The maximum atomic E-state index is 13.3. The van der Waals surface area contributed by atoms with Gasteiger partial charge in [-0.1, -0.05) is 31.2 Å². The second-order valence-electron chi connectivity index (χ2n) is 13.6. The maximum absolute atomic E-state index is 13.3. The number of carbonyl (C=O) groups is 1. The number of aromatic carboxylic acids is 1. The number of anilines is 1. The highest BCUT2D eigenvalue weighted by Crippen LogP contribution is 2.43. The van der Waals surface area contributed by atoms with Gasteiger partial charge in [-0.3, -0.25) is 4.55 Å². The summed E-state index contributed by atoms with van der Waals surface area (Å²) in [5.74, 6) is -1.10. The number of fused-ring (bicyclic) bond motifs is 2. The van der Waals surface area contributed by atoms with Gasteiger partial charge in [-0.05, 0) is 105 Å². The first-order chi connectivity index (χ1) is 26.0. The molecule has 1 heterocycles. The molecule has 0 spiro atoms. The number of allylic oxidation sites excluding steroid dienone is 1. The van der Waals surface area contributed by atoms with E-state index in [0.29, 0.717) is 51.1 Å². The van der Waals surface area contributed by atoms with E-state index in [1.165, 1.54) is 12.1 Å². The Balaban J connectivity index is 1.54. The molecule has 4 N–H and O–H groups in total. The van der Waals surface area contributed by atoms with Crippen LogP contribution in [-0.2, 0) is 24.9 Å². The molecule has 12 nitrogen and oxygen atoms in total. The molecule has 2 aliphatic carbocycles. The van der Waals surface area contributed by atoms with Gasteiger partial charge >= 0.3 is 5.97 Å². The van der Waals surface area contributed by atoms with Crippen molar-refractivity contribution in [1.29, 1.82) is 0 Å². The van der Waals surface area contributed by atoms with Crippen LogP contribution in [0.2, 0.25) is 0 Å². The van der Waals surface area contributed by atoms with E-state index in [1.807, 2.05) is 52.8 Å². The first-order valence-electron chi connectivity index (χ1n) is 17.7. The van der Waals surface area contributed by atoms with Crippen molar-refractivity contribution >= 4 is 48.5 Å². The van der Waals surface area contributed by atoms with Gasteiger partial charge in [-0.2, -0.15) is 8.42 Å². The summed E-state index contributed by atoms with van der Waals surface area (Å²) < 4.78 is 76.9. The molecule has 0 saturated carbocycles. The van der Waals surface area contributed by atoms with Crippen molar-refractivity contribution in [3.8, 4) is 22.5 Å². The molecule has 3 aliphatic rings. The molecule has 55 heavy (non-hydrogen) atoms.